The van der Waals surface area contributed by atoms with Crippen LogP contribution in [0.4, 0.5) is 14.5 Å². The van der Waals surface area contributed by atoms with Gasteiger partial charge in [0.25, 0.3) is 11.6 Å². The van der Waals surface area contributed by atoms with Crippen LogP contribution in [0.3, 0.4) is 0 Å². The second kappa shape index (κ2) is 8.36. The number of nitro benzene ring substituents is 1. The topological polar surface area (TPSA) is 82.3 Å². The van der Waals surface area contributed by atoms with Gasteiger partial charge in [0, 0.05) is 49.9 Å². The first-order valence-electron chi connectivity index (χ1n) is 10.7. The molecule has 0 saturated carbocycles. The maximum absolute atomic E-state index is 14.6. The molecule has 3 aliphatic rings. The number of guanidine groups is 1. The molecule has 0 radical (unpaired) electrons. The van der Waals surface area contributed by atoms with Crippen LogP contribution in [-0.2, 0) is 17.9 Å². The quantitative estimate of drug-likeness (QED) is 0.514. The lowest BCUT2D eigenvalue weighted by Gasteiger charge is -2.42. The number of non-ortho nitro benzene ring substituents is 1. The van der Waals surface area contributed by atoms with E-state index < -0.39 is 10.7 Å². The van der Waals surface area contributed by atoms with E-state index in [0.717, 1.165) is 23.9 Å². The molecule has 10 heteroatoms. The van der Waals surface area contributed by atoms with Crippen molar-refractivity contribution in [1.82, 2.24) is 14.7 Å². The number of amides is 1. The number of halogens is 2. The smallest absolute Gasteiger partial charge is 0.272 e. The summed E-state index contributed by atoms with van der Waals surface area (Å²) in [5.41, 5.74) is 2.23. The summed E-state index contributed by atoms with van der Waals surface area (Å²) in [6, 6.07) is 9.83. The van der Waals surface area contributed by atoms with E-state index in [1.54, 1.807) is 6.07 Å². The molecule has 3 aliphatic heterocycles. The van der Waals surface area contributed by atoms with E-state index >= 15 is 0 Å². The number of carbonyl (C=O) groups excluding carboxylic acids is 1. The standard InChI is InChI=1S/C23H21F2N5O3/c24-17-3-1-2-15(10-17)12-27-8-6-21-19(14-27)22(31)29(23-26-7-9-28(21)23)13-16-4-5-18(30(32)33)11-20(16)25/h1-5,10-11H,6-9,12-14H2. The lowest BCUT2D eigenvalue weighted by Crippen LogP contribution is -2.53. The monoisotopic (exact) mass is 453 g/mol. The Bertz CT molecular complexity index is 1210. The van der Waals surface area contributed by atoms with Crippen LogP contribution in [0, 0.1) is 21.7 Å². The molecule has 170 valence electrons. The first-order valence-corrected chi connectivity index (χ1v) is 10.7. The van der Waals surface area contributed by atoms with Gasteiger partial charge in [-0.1, -0.05) is 12.1 Å². The van der Waals surface area contributed by atoms with Crippen molar-refractivity contribution in [3.05, 3.63) is 86.6 Å². The van der Waals surface area contributed by atoms with E-state index in [1.807, 2.05) is 11.0 Å². The molecule has 0 saturated heterocycles. The van der Waals surface area contributed by atoms with Crippen LogP contribution in [0.5, 0.6) is 0 Å². The highest BCUT2D eigenvalue weighted by Crippen LogP contribution is 2.32. The lowest BCUT2D eigenvalue weighted by atomic mass is 10.00. The highest BCUT2D eigenvalue weighted by atomic mass is 19.1. The number of aliphatic imine (C=N–C) groups is 1. The van der Waals surface area contributed by atoms with Crippen LogP contribution >= 0.6 is 0 Å². The van der Waals surface area contributed by atoms with Gasteiger partial charge in [-0.05, 0) is 23.8 Å². The van der Waals surface area contributed by atoms with Crippen molar-refractivity contribution in [3.8, 4) is 0 Å². The van der Waals surface area contributed by atoms with Gasteiger partial charge in [0.2, 0.25) is 5.96 Å². The lowest BCUT2D eigenvalue weighted by molar-refractivity contribution is -0.385. The molecular formula is C23H21F2N5O3. The Balaban J connectivity index is 1.40. The number of carbonyl (C=O) groups is 1. The van der Waals surface area contributed by atoms with Crippen molar-refractivity contribution in [2.75, 3.05) is 26.2 Å². The van der Waals surface area contributed by atoms with Crippen molar-refractivity contribution in [1.29, 1.82) is 0 Å². The van der Waals surface area contributed by atoms with Gasteiger partial charge in [0.15, 0.2) is 0 Å². The molecule has 0 bridgehead atoms. The van der Waals surface area contributed by atoms with Crippen molar-refractivity contribution in [3.63, 3.8) is 0 Å². The van der Waals surface area contributed by atoms with Gasteiger partial charge in [0.05, 0.1) is 29.7 Å². The van der Waals surface area contributed by atoms with E-state index in [0.29, 0.717) is 44.1 Å². The van der Waals surface area contributed by atoms with E-state index in [-0.39, 0.29) is 29.5 Å². The number of nitrogens with zero attached hydrogens (tertiary/aromatic N) is 5. The Labute approximate surface area is 188 Å². The van der Waals surface area contributed by atoms with Gasteiger partial charge in [-0.15, -0.1) is 0 Å². The van der Waals surface area contributed by atoms with Gasteiger partial charge in [-0.3, -0.25) is 29.7 Å². The normalized spacial score (nSPS) is 18.4. The fourth-order valence-electron chi connectivity index (χ4n) is 4.59. The van der Waals surface area contributed by atoms with E-state index in [9.17, 15) is 23.7 Å². The zero-order valence-corrected chi connectivity index (χ0v) is 17.7. The zero-order chi connectivity index (χ0) is 23.1. The Kier molecular flexibility index (Phi) is 5.37. The van der Waals surface area contributed by atoms with E-state index in [1.165, 1.54) is 29.2 Å². The van der Waals surface area contributed by atoms with Gasteiger partial charge >= 0.3 is 0 Å². The highest BCUT2D eigenvalue weighted by Gasteiger charge is 2.41. The molecule has 33 heavy (non-hydrogen) atoms. The molecule has 0 fully saturated rings. The predicted octanol–water partition coefficient (Wildman–Crippen LogP) is 3.05. The minimum Gasteiger partial charge on any atom is -0.314 e. The molecule has 0 N–H and O–H groups in total. The van der Waals surface area contributed by atoms with Crippen molar-refractivity contribution in [2.24, 2.45) is 4.99 Å². The maximum Gasteiger partial charge on any atom is 0.272 e. The van der Waals surface area contributed by atoms with Crippen LogP contribution in [0.15, 0.2) is 58.7 Å². The van der Waals surface area contributed by atoms with E-state index in [4.69, 9.17) is 0 Å². The number of nitro groups is 1. The molecule has 2 aromatic carbocycles. The summed E-state index contributed by atoms with van der Waals surface area (Å²) in [5.74, 6) is -0.788. The first kappa shape index (κ1) is 21.2. The fourth-order valence-corrected chi connectivity index (χ4v) is 4.59. The average Bonchev–Trinajstić information content (AvgIpc) is 3.27. The van der Waals surface area contributed by atoms with Crippen LogP contribution in [0.1, 0.15) is 17.5 Å². The Morgan fingerprint density at radius 2 is 1.94 bits per heavy atom. The Morgan fingerprint density at radius 1 is 1.09 bits per heavy atom. The van der Waals surface area contributed by atoms with E-state index in [2.05, 4.69) is 9.89 Å². The fraction of sp³-hybridized carbons (Fsp3) is 0.304. The van der Waals surface area contributed by atoms with Gasteiger partial charge < -0.3 is 4.90 Å². The summed E-state index contributed by atoms with van der Waals surface area (Å²) in [5, 5.41) is 10.9. The number of hydrogen-bond acceptors (Lipinski definition) is 6. The van der Waals surface area contributed by atoms with Crippen LogP contribution < -0.4 is 0 Å². The molecule has 8 nitrogen and oxygen atoms in total. The largest absolute Gasteiger partial charge is 0.314 e. The molecule has 3 heterocycles. The number of benzene rings is 2. The molecule has 0 spiro atoms. The van der Waals surface area contributed by atoms with Crippen molar-refractivity contribution < 1.29 is 18.5 Å². The third kappa shape index (κ3) is 3.97. The Hall–Kier alpha value is -3.66. The second-order valence-electron chi connectivity index (χ2n) is 8.27. The summed E-state index contributed by atoms with van der Waals surface area (Å²) in [6.45, 7) is 2.74. The van der Waals surface area contributed by atoms with Crippen molar-refractivity contribution in [2.45, 2.75) is 19.5 Å². The van der Waals surface area contributed by atoms with Crippen LogP contribution in [-0.4, -0.2) is 57.7 Å². The van der Waals surface area contributed by atoms with Gasteiger partial charge in [0.1, 0.15) is 11.6 Å². The summed E-state index contributed by atoms with van der Waals surface area (Å²) < 4.78 is 28.1. The first-order chi connectivity index (χ1) is 15.9. The Morgan fingerprint density at radius 3 is 2.70 bits per heavy atom. The summed E-state index contributed by atoms with van der Waals surface area (Å²) >= 11 is 0. The number of fused-ring (bicyclic) bond motifs is 2. The maximum atomic E-state index is 14.6. The summed E-state index contributed by atoms with van der Waals surface area (Å²) in [7, 11) is 0. The molecule has 1 amide bonds. The minimum atomic E-state index is -0.738. The van der Waals surface area contributed by atoms with Crippen molar-refractivity contribution >= 4 is 17.6 Å². The highest BCUT2D eigenvalue weighted by molar-refractivity contribution is 6.09. The second-order valence-corrected chi connectivity index (χ2v) is 8.27. The molecule has 0 aromatic heterocycles. The molecular weight excluding hydrogens is 432 g/mol. The zero-order valence-electron chi connectivity index (χ0n) is 17.7. The third-order valence-corrected chi connectivity index (χ3v) is 6.15. The SMILES string of the molecule is O=C1C2=C(CCN(Cc3cccc(F)c3)C2)N2CCN=C2N1Cc1ccc([N+](=O)[O-])cc1F. The molecule has 2 aromatic rings. The number of rotatable bonds is 5. The van der Waals surface area contributed by atoms with Crippen LogP contribution in [0.2, 0.25) is 0 Å². The molecule has 0 aliphatic carbocycles. The molecule has 0 atom stereocenters. The van der Waals surface area contributed by atoms with Gasteiger partial charge in [-0.2, -0.15) is 0 Å². The summed E-state index contributed by atoms with van der Waals surface area (Å²) in [4.78, 5) is 33.8. The number of hydrogen-bond donors (Lipinski definition) is 0. The average molecular weight is 453 g/mol. The molecule has 0 unspecified atom stereocenters. The van der Waals surface area contributed by atoms with Gasteiger partial charge in [-0.25, -0.2) is 8.78 Å². The third-order valence-electron chi connectivity index (χ3n) is 6.15. The summed E-state index contributed by atoms with van der Waals surface area (Å²) in [6.07, 6.45) is 0.662. The predicted molar refractivity (Wildman–Crippen MR) is 116 cm³/mol. The van der Waals surface area contributed by atoms with Crippen LogP contribution in [0.25, 0.3) is 0 Å². The molecule has 5 rings (SSSR count). The minimum absolute atomic E-state index is 0.0708.